The van der Waals surface area contributed by atoms with Crippen molar-refractivity contribution in [2.75, 3.05) is 5.32 Å². The van der Waals surface area contributed by atoms with Crippen molar-refractivity contribution in [1.82, 2.24) is 9.97 Å². The Bertz CT molecular complexity index is 429. The van der Waals surface area contributed by atoms with Crippen LogP contribution < -0.4 is 11.1 Å². The Morgan fingerprint density at radius 1 is 1.37 bits per heavy atom. The van der Waals surface area contributed by atoms with Crippen LogP contribution in [0.4, 0.5) is 5.82 Å². The summed E-state index contributed by atoms with van der Waals surface area (Å²) in [4.78, 5) is 8.86. The molecule has 1 aliphatic carbocycles. The number of anilines is 1. The van der Waals surface area contributed by atoms with Gasteiger partial charge in [-0.2, -0.15) is 0 Å². The second-order valence-electron chi connectivity index (χ2n) is 5.17. The topological polar surface area (TPSA) is 63.8 Å². The molecule has 0 aromatic carbocycles. The van der Waals surface area contributed by atoms with Gasteiger partial charge in [0.2, 0.25) is 0 Å². The molecule has 3 N–H and O–H groups in total. The zero-order valence-electron chi connectivity index (χ0n) is 11.4. The highest BCUT2D eigenvalue weighted by atomic mass is 32.1. The number of hydrogen-bond donors (Lipinski definition) is 2. The summed E-state index contributed by atoms with van der Waals surface area (Å²) in [5.74, 6) is 1.45. The molecule has 1 aliphatic rings. The van der Waals surface area contributed by atoms with Crippen LogP contribution in [-0.2, 0) is 0 Å². The van der Waals surface area contributed by atoms with Crippen molar-refractivity contribution in [3.8, 4) is 0 Å². The number of aromatic nitrogens is 2. The molecule has 0 amide bonds. The summed E-state index contributed by atoms with van der Waals surface area (Å²) in [6.45, 7) is 2.21. The highest BCUT2D eigenvalue weighted by Crippen LogP contribution is 2.29. The van der Waals surface area contributed by atoms with Gasteiger partial charge in [-0.15, -0.1) is 0 Å². The van der Waals surface area contributed by atoms with Gasteiger partial charge in [0.05, 0.1) is 0 Å². The van der Waals surface area contributed by atoms with Crippen molar-refractivity contribution >= 4 is 23.0 Å². The minimum Gasteiger partial charge on any atom is -0.388 e. The lowest BCUT2D eigenvalue weighted by Gasteiger charge is -2.30. The minimum atomic E-state index is 0.300. The molecule has 1 unspecified atom stereocenters. The Labute approximate surface area is 120 Å². The SMILES string of the molecule is CCC(Nc1nccnc1C(N)=S)C1CCCCC1. The molecule has 1 saturated carbocycles. The first-order valence-electron chi connectivity index (χ1n) is 7.09. The standard InChI is InChI=1S/C14H22N4S/c1-2-11(10-6-4-3-5-7-10)18-14-12(13(15)19)16-8-9-17-14/h8-11H,2-7H2,1H3,(H2,15,19)(H,17,18). The Morgan fingerprint density at radius 3 is 2.68 bits per heavy atom. The van der Waals surface area contributed by atoms with Gasteiger partial charge in [0.15, 0.2) is 5.82 Å². The van der Waals surface area contributed by atoms with E-state index in [1.807, 2.05) is 0 Å². The summed E-state index contributed by atoms with van der Waals surface area (Å²) in [5, 5.41) is 3.51. The maximum absolute atomic E-state index is 5.70. The van der Waals surface area contributed by atoms with E-state index < -0.39 is 0 Å². The van der Waals surface area contributed by atoms with Crippen LogP contribution in [-0.4, -0.2) is 21.0 Å². The van der Waals surface area contributed by atoms with E-state index in [2.05, 4.69) is 22.2 Å². The molecular formula is C14H22N4S. The van der Waals surface area contributed by atoms with Crippen LogP contribution in [0.2, 0.25) is 0 Å². The molecule has 1 fully saturated rings. The number of rotatable bonds is 5. The van der Waals surface area contributed by atoms with Gasteiger partial charge in [-0.05, 0) is 25.2 Å². The highest BCUT2D eigenvalue weighted by Gasteiger charge is 2.23. The average Bonchev–Trinajstić information content (AvgIpc) is 2.46. The van der Waals surface area contributed by atoms with E-state index in [1.165, 1.54) is 32.1 Å². The third-order valence-electron chi connectivity index (χ3n) is 3.91. The Balaban J connectivity index is 2.11. The number of nitrogens with one attached hydrogen (secondary N) is 1. The summed E-state index contributed by atoms with van der Waals surface area (Å²) in [6, 6.07) is 0.435. The van der Waals surface area contributed by atoms with E-state index >= 15 is 0 Å². The summed E-state index contributed by atoms with van der Waals surface area (Å²) in [7, 11) is 0. The van der Waals surface area contributed by atoms with Crippen LogP contribution in [0.1, 0.15) is 51.1 Å². The Kier molecular flexibility index (Phi) is 5.07. The lowest BCUT2D eigenvalue weighted by molar-refractivity contribution is 0.312. The third-order valence-corrected chi connectivity index (χ3v) is 4.11. The predicted octanol–water partition coefficient (Wildman–Crippen LogP) is 2.88. The van der Waals surface area contributed by atoms with Crippen molar-refractivity contribution in [3.63, 3.8) is 0 Å². The first-order chi connectivity index (χ1) is 9.22. The molecular weight excluding hydrogens is 256 g/mol. The van der Waals surface area contributed by atoms with Crippen molar-refractivity contribution in [1.29, 1.82) is 0 Å². The predicted molar refractivity (Wildman–Crippen MR) is 82.2 cm³/mol. The Morgan fingerprint density at radius 2 is 2.05 bits per heavy atom. The molecule has 19 heavy (non-hydrogen) atoms. The molecule has 0 saturated heterocycles. The van der Waals surface area contributed by atoms with E-state index in [0.717, 1.165) is 18.2 Å². The van der Waals surface area contributed by atoms with Gasteiger partial charge in [-0.25, -0.2) is 9.97 Å². The minimum absolute atomic E-state index is 0.300. The normalized spacial score (nSPS) is 17.9. The van der Waals surface area contributed by atoms with E-state index in [-0.39, 0.29) is 0 Å². The first-order valence-corrected chi connectivity index (χ1v) is 7.50. The molecule has 0 spiro atoms. The van der Waals surface area contributed by atoms with Crippen LogP contribution >= 0.6 is 12.2 Å². The number of hydrogen-bond acceptors (Lipinski definition) is 4. The molecule has 0 radical (unpaired) electrons. The van der Waals surface area contributed by atoms with Gasteiger partial charge < -0.3 is 11.1 Å². The van der Waals surface area contributed by atoms with Crippen molar-refractivity contribution < 1.29 is 0 Å². The van der Waals surface area contributed by atoms with Crippen LogP contribution in [0.5, 0.6) is 0 Å². The first kappa shape index (κ1) is 14.2. The lowest BCUT2D eigenvalue weighted by Crippen LogP contribution is -2.31. The Hall–Kier alpha value is -1.23. The van der Waals surface area contributed by atoms with Crippen molar-refractivity contribution in [3.05, 3.63) is 18.1 Å². The average molecular weight is 278 g/mol. The fraction of sp³-hybridized carbons (Fsp3) is 0.643. The molecule has 5 heteroatoms. The molecule has 0 aliphatic heterocycles. The number of thiocarbonyl (C=S) groups is 1. The molecule has 4 nitrogen and oxygen atoms in total. The van der Waals surface area contributed by atoms with Gasteiger partial charge >= 0.3 is 0 Å². The molecule has 1 heterocycles. The fourth-order valence-corrected chi connectivity index (χ4v) is 3.04. The van der Waals surface area contributed by atoms with Crippen LogP contribution in [0.15, 0.2) is 12.4 Å². The van der Waals surface area contributed by atoms with Gasteiger partial charge in [0.1, 0.15) is 10.7 Å². The number of nitrogens with zero attached hydrogens (tertiary/aromatic N) is 2. The summed E-state index contributed by atoms with van der Waals surface area (Å²) >= 11 is 5.03. The molecule has 0 bridgehead atoms. The van der Waals surface area contributed by atoms with E-state index in [1.54, 1.807) is 12.4 Å². The quantitative estimate of drug-likeness (QED) is 0.811. The second-order valence-corrected chi connectivity index (χ2v) is 5.61. The fourth-order valence-electron chi connectivity index (χ4n) is 2.89. The zero-order chi connectivity index (χ0) is 13.7. The van der Waals surface area contributed by atoms with Crippen molar-refractivity contribution in [2.24, 2.45) is 11.7 Å². The molecule has 1 atom stereocenters. The van der Waals surface area contributed by atoms with Gasteiger partial charge in [-0.3, -0.25) is 0 Å². The maximum Gasteiger partial charge on any atom is 0.155 e. The second kappa shape index (κ2) is 6.80. The molecule has 1 aromatic heterocycles. The van der Waals surface area contributed by atoms with Crippen molar-refractivity contribution in [2.45, 2.75) is 51.5 Å². The monoisotopic (exact) mass is 278 g/mol. The van der Waals surface area contributed by atoms with Gasteiger partial charge in [0, 0.05) is 18.4 Å². The molecule has 2 rings (SSSR count). The summed E-state index contributed by atoms with van der Waals surface area (Å²) in [5.41, 5.74) is 6.30. The summed E-state index contributed by atoms with van der Waals surface area (Å²) in [6.07, 6.45) is 11.0. The van der Waals surface area contributed by atoms with Crippen LogP contribution in [0, 0.1) is 5.92 Å². The smallest absolute Gasteiger partial charge is 0.155 e. The van der Waals surface area contributed by atoms with E-state index in [0.29, 0.717) is 16.7 Å². The van der Waals surface area contributed by atoms with Crippen LogP contribution in [0.3, 0.4) is 0 Å². The third kappa shape index (κ3) is 3.62. The van der Waals surface area contributed by atoms with E-state index in [9.17, 15) is 0 Å². The maximum atomic E-state index is 5.70. The summed E-state index contributed by atoms with van der Waals surface area (Å²) < 4.78 is 0. The zero-order valence-corrected chi connectivity index (χ0v) is 12.2. The largest absolute Gasteiger partial charge is 0.388 e. The molecule has 104 valence electrons. The highest BCUT2D eigenvalue weighted by molar-refractivity contribution is 7.80. The van der Waals surface area contributed by atoms with Crippen LogP contribution in [0.25, 0.3) is 0 Å². The molecule has 1 aromatic rings. The van der Waals surface area contributed by atoms with Gasteiger partial charge in [0.25, 0.3) is 0 Å². The van der Waals surface area contributed by atoms with E-state index in [4.69, 9.17) is 18.0 Å². The van der Waals surface area contributed by atoms with Gasteiger partial charge in [-0.1, -0.05) is 38.4 Å². The lowest BCUT2D eigenvalue weighted by atomic mass is 9.83. The number of nitrogens with two attached hydrogens (primary N) is 1.